The number of carbonyl (C=O) groups is 2. The standard InChI is InChI=1S/C21H26F6O5/c1-12(2)15(29)31-17-4-13-3-14(5-17)7-18(6-13,8-17)32-16(30)21(26,27)10-19(22,23)9-20(24,25)11-28/h13-14,28H,1,3-11H2,2H3. The zero-order valence-corrected chi connectivity index (χ0v) is 17.6. The third-order valence-corrected chi connectivity index (χ3v) is 6.45. The van der Waals surface area contributed by atoms with Crippen molar-refractivity contribution < 1.29 is 50.5 Å². The number of esters is 2. The number of aliphatic hydroxyl groups excluding tert-OH is 1. The van der Waals surface area contributed by atoms with Gasteiger partial charge >= 0.3 is 17.9 Å². The Balaban J connectivity index is 1.73. The van der Waals surface area contributed by atoms with Crippen LogP contribution in [-0.4, -0.2) is 52.6 Å². The van der Waals surface area contributed by atoms with Gasteiger partial charge in [0.15, 0.2) is 0 Å². The molecule has 0 aliphatic heterocycles. The normalized spacial score (nSPS) is 32.0. The van der Waals surface area contributed by atoms with Crippen LogP contribution in [0.4, 0.5) is 26.3 Å². The molecule has 11 heteroatoms. The van der Waals surface area contributed by atoms with Crippen LogP contribution in [0.2, 0.25) is 0 Å². The number of carbonyl (C=O) groups excluding carboxylic acids is 2. The third-order valence-electron chi connectivity index (χ3n) is 6.45. The molecule has 182 valence electrons. The first kappa shape index (κ1) is 24.9. The quantitative estimate of drug-likeness (QED) is 0.306. The Labute approximate surface area is 181 Å². The van der Waals surface area contributed by atoms with Crippen LogP contribution in [0.5, 0.6) is 0 Å². The number of hydrogen-bond acceptors (Lipinski definition) is 5. The lowest BCUT2D eigenvalue weighted by atomic mass is 9.52. The molecule has 4 aliphatic rings. The predicted molar refractivity (Wildman–Crippen MR) is 98.3 cm³/mol. The van der Waals surface area contributed by atoms with E-state index in [9.17, 15) is 35.9 Å². The van der Waals surface area contributed by atoms with Crippen LogP contribution in [0.25, 0.3) is 0 Å². The Morgan fingerprint density at radius 3 is 1.91 bits per heavy atom. The maximum absolute atomic E-state index is 14.3. The van der Waals surface area contributed by atoms with E-state index < -0.39 is 60.4 Å². The Bertz CT molecular complexity index is 782. The van der Waals surface area contributed by atoms with Crippen molar-refractivity contribution in [2.45, 2.75) is 87.3 Å². The zero-order chi connectivity index (χ0) is 24.2. The molecule has 2 atom stereocenters. The van der Waals surface area contributed by atoms with E-state index in [1.54, 1.807) is 0 Å². The Morgan fingerprint density at radius 1 is 0.938 bits per heavy atom. The van der Waals surface area contributed by atoms with Crippen molar-refractivity contribution in [3.05, 3.63) is 12.2 Å². The summed E-state index contributed by atoms with van der Waals surface area (Å²) in [7, 11) is 0. The van der Waals surface area contributed by atoms with Gasteiger partial charge in [0.1, 0.15) is 17.8 Å². The topological polar surface area (TPSA) is 72.8 Å². The van der Waals surface area contributed by atoms with Crippen molar-refractivity contribution in [2.24, 2.45) is 11.8 Å². The summed E-state index contributed by atoms with van der Waals surface area (Å²) in [6.45, 7) is 3.04. The average molecular weight is 472 g/mol. The number of alkyl halides is 6. The predicted octanol–water partition coefficient (Wildman–Crippen LogP) is 4.42. The molecule has 0 aromatic rings. The Hall–Kier alpha value is -1.78. The van der Waals surface area contributed by atoms with E-state index in [0.717, 1.165) is 6.42 Å². The van der Waals surface area contributed by atoms with Gasteiger partial charge in [-0.3, -0.25) is 0 Å². The smallest absolute Gasteiger partial charge is 0.377 e. The summed E-state index contributed by atoms with van der Waals surface area (Å²) in [5.74, 6) is -16.6. The van der Waals surface area contributed by atoms with Crippen molar-refractivity contribution in [1.29, 1.82) is 0 Å². The van der Waals surface area contributed by atoms with Crippen molar-refractivity contribution in [1.82, 2.24) is 0 Å². The van der Waals surface area contributed by atoms with Gasteiger partial charge in [-0.2, -0.15) is 8.78 Å². The Kier molecular flexibility index (Phi) is 6.15. The zero-order valence-electron chi connectivity index (χ0n) is 17.6. The minimum atomic E-state index is -4.72. The molecule has 4 aliphatic carbocycles. The molecule has 2 unspecified atom stereocenters. The van der Waals surface area contributed by atoms with Crippen LogP contribution in [0.3, 0.4) is 0 Å². The molecular formula is C21H26F6O5. The van der Waals surface area contributed by atoms with E-state index in [1.807, 2.05) is 0 Å². The fourth-order valence-electron chi connectivity index (χ4n) is 5.78. The van der Waals surface area contributed by atoms with E-state index >= 15 is 0 Å². The van der Waals surface area contributed by atoms with E-state index in [0.29, 0.717) is 12.8 Å². The van der Waals surface area contributed by atoms with Gasteiger partial charge in [-0.1, -0.05) is 6.58 Å². The van der Waals surface area contributed by atoms with Crippen LogP contribution in [0.15, 0.2) is 12.2 Å². The molecule has 4 bridgehead atoms. The van der Waals surface area contributed by atoms with Gasteiger partial charge in [-0.05, 0) is 50.9 Å². The lowest BCUT2D eigenvalue weighted by molar-refractivity contribution is -0.245. The Morgan fingerprint density at radius 2 is 1.44 bits per heavy atom. The molecule has 1 N–H and O–H groups in total. The van der Waals surface area contributed by atoms with Gasteiger partial charge in [0.2, 0.25) is 0 Å². The molecule has 4 fully saturated rings. The second-order valence-corrected chi connectivity index (χ2v) is 9.81. The van der Waals surface area contributed by atoms with Gasteiger partial charge in [0, 0.05) is 12.0 Å². The van der Waals surface area contributed by atoms with Crippen LogP contribution < -0.4 is 0 Å². The highest BCUT2D eigenvalue weighted by Crippen LogP contribution is 2.60. The summed E-state index contributed by atoms with van der Waals surface area (Å²) >= 11 is 0. The first-order chi connectivity index (χ1) is 14.5. The molecule has 0 radical (unpaired) electrons. The fourth-order valence-corrected chi connectivity index (χ4v) is 5.78. The summed E-state index contributed by atoms with van der Waals surface area (Å²) < 4.78 is 93.1. The monoisotopic (exact) mass is 472 g/mol. The van der Waals surface area contributed by atoms with Crippen molar-refractivity contribution in [2.75, 3.05) is 6.61 Å². The van der Waals surface area contributed by atoms with Crippen LogP contribution in [0, 0.1) is 11.8 Å². The van der Waals surface area contributed by atoms with E-state index in [4.69, 9.17) is 14.6 Å². The molecule has 0 heterocycles. The highest BCUT2D eigenvalue weighted by molar-refractivity contribution is 5.87. The van der Waals surface area contributed by atoms with Crippen molar-refractivity contribution >= 4 is 11.9 Å². The van der Waals surface area contributed by atoms with Gasteiger partial charge in [-0.15, -0.1) is 0 Å². The third kappa shape index (κ3) is 5.23. The number of halogens is 6. The summed E-state index contributed by atoms with van der Waals surface area (Å²) in [6, 6.07) is 0. The van der Waals surface area contributed by atoms with Gasteiger partial charge < -0.3 is 14.6 Å². The SMILES string of the molecule is C=C(C)C(=O)OC12CC3CC(C1)CC(OC(=O)C(F)(F)CC(F)(F)CC(F)(F)CO)(C3)C2. The van der Waals surface area contributed by atoms with Crippen LogP contribution >= 0.6 is 0 Å². The minimum Gasteiger partial charge on any atom is -0.456 e. The molecule has 0 saturated heterocycles. The van der Waals surface area contributed by atoms with E-state index in [1.165, 1.54) is 6.92 Å². The van der Waals surface area contributed by atoms with Gasteiger partial charge in [0.25, 0.3) is 11.8 Å². The largest absolute Gasteiger partial charge is 0.456 e. The molecular weight excluding hydrogens is 446 g/mol. The van der Waals surface area contributed by atoms with Crippen LogP contribution in [-0.2, 0) is 19.1 Å². The molecule has 0 aromatic heterocycles. The molecule has 4 rings (SSSR count). The highest BCUT2D eigenvalue weighted by atomic mass is 19.3. The lowest BCUT2D eigenvalue weighted by Gasteiger charge is -2.60. The van der Waals surface area contributed by atoms with Crippen molar-refractivity contribution in [3.63, 3.8) is 0 Å². The second kappa shape index (κ2) is 7.92. The number of hydrogen-bond donors (Lipinski definition) is 1. The number of ether oxygens (including phenoxy) is 2. The molecule has 0 spiro atoms. The lowest BCUT2D eigenvalue weighted by Crippen LogP contribution is -2.62. The first-order valence-electron chi connectivity index (χ1n) is 10.4. The first-order valence-corrected chi connectivity index (χ1v) is 10.4. The number of aliphatic hydroxyl groups is 1. The maximum Gasteiger partial charge on any atom is 0.377 e. The number of rotatable bonds is 9. The summed E-state index contributed by atoms with van der Waals surface area (Å²) in [6.07, 6.45) is -2.66. The maximum atomic E-state index is 14.3. The molecule has 4 saturated carbocycles. The second-order valence-electron chi connectivity index (χ2n) is 9.81. The molecule has 0 aromatic carbocycles. The molecule has 5 nitrogen and oxygen atoms in total. The highest BCUT2D eigenvalue weighted by Gasteiger charge is 2.63. The summed E-state index contributed by atoms with van der Waals surface area (Å²) in [5, 5.41) is 8.42. The molecule has 0 amide bonds. The van der Waals surface area contributed by atoms with E-state index in [-0.39, 0.29) is 36.7 Å². The van der Waals surface area contributed by atoms with E-state index in [2.05, 4.69) is 6.58 Å². The molecule has 32 heavy (non-hydrogen) atoms. The van der Waals surface area contributed by atoms with Crippen LogP contribution in [0.1, 0.15) is 58.3 Å². The van der Waals surface area contributed by atoms with Crippen molar-refractivity contribution in [3.8, 4) is 0 Å². The fraction of sp³-hybridized carbons (Fsp3) is 0.810. The summed E-state index contributed by atoms with van der Waals surface area (Å²) in [5.41, 5.74) is -2.26. The summed E-state index contributed by atoms with van der Waals surface area (Å²) in [4.78, 5) is 24.3. The van der Waals surface area contributed by atoms with Gasteiger partial charge in [0.05, 0.1) is 12.8 Å². The minimum absolute atomic E-state index is 0.0349. The van der Waals surface area contributed by atoms with Gasteiger partial charge in [-0.25, -0.2) is 27.2 Å². The average Bonchev–Trinajstić information content (AvgIpc) is 2.57.